The van der Waals surface area contributed by atoms with Gasteiger partial charge in [-0.3, -0.25) is 0 Å². The highest BCUT2D eigenvalue weighted by Gasteiger charge is 1.90. The molecule has 1 nitrogen and oxygen atoms in total. The molecule has 0 bridgehead atoms. The van der Waals surface area contributed by atoms with Crippen molar-refractivity contribution in [1.82, 2.24) is 5.32 Å². The fourth-order valence-corrected chi connectivity index (χ4v) is 1.04. The number of rotatable bonds is 3. The lowest BCUT2D eigenvalue weighted by atomic mass is 10.1. The zero-order chi connectivity index (χ0) is 8.81. The molecule has 1 heteroatoms. The second-order valence-corrected chi connectivity index (χ2v) is 2.69. The Morgan fingerprint density at radius 1 is 1.33 bits per heavy atom. The van der Waals surface area contributed by atoms with E-state index >= 15 is 0 Å². The highest BCUT2D eigenvalue weighted by atomic mass is 14.8. The van der Waals surface area contributed by atoms with Crippen LogP contribution in [0.3, 0.4) is 0 Å². The van der Waals surface area contributed by atoms with E-state index in [1.807, 2.05) is 19.2 Å². The summed E-state index contributed by atoms with van der Waals surface area (Å²) < 4.78 is 0. The molecule has 0 aliphatic heterocycles. The summed E-state index contributed by atoms with van der Waals surface area (Å²) in [6, 6.07) is 8.11. The summed E-state index contributed by atoms with van der Waals surface area (Å²) in [6.07, 6.45) is 6.29. The van der Waals surface area contributed by atoms with E-state index in [4.69, 9.17) is 6.42 Å². The predicted octanol–water partition coefficient (Wildman–Crippen LogP) is 1.43. The Bertz CT molecular complexity index is 266. The van der Waals surface area contributed by atoms with Crippen LogP contribution in [-0.4, -0.2) is 13.6 Å². The molecule has 0 aliphatic rings. The Morgan fingerprint density at radius 3 is 2.50 bits per heavy atom. The van der Waals surface area contributed by atoms with Gasteiger partial charge in [0.05, 0.1) is 0 Å². The molecule has 12 heavy (non-hydrogen) atoms. The first-order chi connectivity index (χ1) is 5.86. The molecule has 62 valence electrons. The molecule has 1 aromatic rings. The van der Waals surface area contributed by atoms with Gasteiger partial charge >= 0.3 is 0 Å². The zero-order valence-corrected chi connectivity index (χ0v) is 7.30. The molecule has 1 rings (SSSR count). The van der Waals surface area contributed by atoms with Crippen molar-refractivity contribution >= 4 is 0 Å². The van der Waals surface area contributed by atoms with E-state index in [0.29, 0.717) is 0 Å². The average molecular weight is 159 g/mol. The van der Waals surface area contributed by atoms with Gasteiger partial charge in [0.1, 0.15) is 0 Å². The number of hydrogen-bond acceptors (Lipinski definition) is 1. The second kappa shape index (κ2) is 4.58. The molecular formula is C11H13N. The van der Waals surface area contributed by atoms with E-state index in [9.17, 15) is 0 Å². The van der Waals surface area contributed by atoms with Crippen LogP contribution < -0.4 is 5.32 Å². The summed E-state index contributed by atoms with van der Waals surface area (Å²) in [5, 5.41) is 3.10. The molecule has 1 N–H and O–H groups in total. The fraction of sp³-hybridized carbons (Fsp3) is 0.273. The number of terminal acetylenes is 1. The second-order valence-electron chi connectivity index (χ2n) is 2.69. The van der Waals surface area contributed by atoms with E-state index in [2.05, 4.69) is 23.4 Å². The summed E-state index contributed by atoms with van der Waals surface area (Å²) in [7, 11) is 1.95. The van der Waals surface area contributed by atoms with E-state index in [1.165, 1.54) is 5.56 Å². The molecule has 0 saturated heterocycles. The first-order valence-corrected chi connectivity index (χ1v) is 4.07. The van der Waals surface area contributed by atoms with Gasteiger partial charge < -0.3 is 5.32 Å². The first-order valence-electron chi connectivity index (χ1n) is 4.07. The molecule has 1 aromatic carbocycles. The summed E-state index contributed by atoms with van der Waals surface area (Å²) in [5.41, 5.74) is 2.27. The summed E-state index contributed by atoms with van der Waals surface area (Å²) in [4.78, 5) is 0. The Kier molecular flexibility index (Phi) is 3.37. The average Bonchev–Trinajstić information content (AvgIpc) is 2.15. The molecule has 0 aromatic heterocycles. The molecule has 0 heterocycles. The maximum Gasteiger partial charge on any atom is 0.0242 e. The molecule has 0 atom stereocenters. The molecule has 0 fully saturated rings. The molecular weight excluding hydrogens is 146 g/mol. The maximum absolute atomic E-state index is 5.24. The number of nitrogens with one attached hydrogen (secondary N) is 1. The third-order valence-corrected chi connectivity index (χ3v) is 1.78. The van der Waals surface area contributed by atoms with Crippen molar-refractivity contribution in [1.29, 1.82) is 0 Å². The Hall–Kier alpha value is -1.26. The highest BCUT2D eigenvalue weighted by molar-refractivity contribution is 5.34. The third-order valence-electron chi connectivity index (χ3n) is 1.78. The number of hydrogen-bond donors (Lipinski definition) is 1. The largest absolute Gasteiger partial charge is 0.319 e. The highest BCUT2D eigenvalue weighted by Crippen LogP contribution is 2.03. The van der Waals surface area contributed by atoms with Gasteiger partial charge in [0.25, 0.3) is 0 Å². The van der Waals surface area contributed by atoms with Gasteiger partial charge in [0.15, 0.2) is 0 Å². The standard InChI is InChI=1S/C11H13N/c1-3-10-4-6-11(7-5-10)8-9-12-2/h1,4-7,12H,8-9H2,2H3. The van der Waals surface area contributed by atoms with Crippen LogP contribution in [0, 0.1) is 12.3 Å². The summed E-state index contributed by atoms with van der Waals surface area (Å²) >= 11 is 0. The van der Waals surface area contributed by atoms with Gasteiger partial charge in [-0.15, -0.1) is 6.42 Å². The monoisotopic (exact) mass is 159 g/mol. The van der Waals surface area contributed by atoms with Gasteiger partial charge in [-0.1, -0.05) is 18.1 Å². The number of benzene rings is 1. The van der Waals surface area contributed by atoms with Crippen LogP contribution in [0.5, 0.6) is 0 Å². The topological polar surface area (TPSA) is 12.0 Å². The van der Waals surface area contributed by atoms with Crippen molar-refractivity contribution < 1.29 is 0 Å². The Morgan fingerprint density at radius 2 is 2.00 bits per heavy atom. The van der Waals surface area contributed by atoms with Gasteiger partial charge in [0.2, 0.25) is 0 Å². The fourth-order valence-electron chi connectivity index (χ4n) is 1.04. The molecule has 0 aliphatic carbocycles. The Labute approximate surface area is 73.8 Å². The van der Waals surface area contributed by atoms with Crippen LogP contribution in [0.25, 0.3) is 0 Å². The van der Waals surface area contributed by atoms with Gasteiger partial charge in [-0.2, -0.15) is 0 Å². The molecule has 0 amide bonds. The van der Waals surface area contributed by atoms with E-state index in [1.54, 1.807) is 0 Å². The van der Waals surface area contributed by atoms with Gasteiger partial charge in [0, 0.05) is 5.56 Å². The minimum Gasteiger partial charge on any atom is -0.319 e. The van der Waals surface area contributed by atoms with Crippen molar-refractivity contribution in [2.75, 3.05) is 13.6 Å². The van der Waals surface area contributed by atoms with Crippen LogP contribution in [0.4, 0.5) is 0 Å². The van der Waals surface area contributed by atoms with Crippen molar-refractivity contribution in [3.63, 3.8) is 0 Å². The van der Waals surface area contributed by atoms with Gasteiger partial charge in [-0.05, 0) is 37.7 Å². The van der Waals surface area contributed by atoms with Crippen molar-refractivity contribution in [2.24, 2.45) is 0 Å². The molecule has 0 radical (unpaired) electrons. The quantitative estimate of drug-likeness (QED) is 0.658. The first kappa shape index (κ1) is 8.83. The van der Waals surface area contributed by atoms with Crippen LogP contribution in [-0.2, 0) is 6.42 Å². The van der Waals surface area contributed by atoms with Crippen LogP contribution in [0.15, 0.2) is 24.3 Å². The molecule has 0 unspecified atom stereocenters. The molecule has 0 saturated carbocycles. The van der Waals surface area contributed by atoms with Crippen LogP contribution >= 0.6 is 0 Å². The minimum absolute atomic E-state index is 0.947. The smallest absolute Gasteiger partial charge is 0.0242 e. The summed E-state index contributed by atoms with van der Waals surface area (Å²) in [5.74, 6) is 2.59. The predicted molar refractivity (Wildman–Crippen MR) is 52.0 cm³/mol. The van der Waals surface area contributed by atoms with E-state index < -0.39 is 0 Å². The molecule has 0 spiro atoms. The van der Waals surface area contributed by atoms with Gasteiger partial charge in [-0.25, -0.2) is 0 Å². The normalized spacial score (nSPS) is 9.33. The van der Waals surface area contributed by atoms with Crippen LogP contribution in [0.1, 0.15) is 11.1 Å². The van der Waals surface area contributed by atoms with Crippen molar-refractivity contribution in [3.05, 3.63) is 35.4 Å². The third kappa shape index (κ3) is 2.41. The van der Waals surface area contributed by atoms with Crippen molar-refractivity contribution in [2.45, 2.75) is 6.42 Å². The zero-order valence-electron chi connectivity index (χ0n) is 7.30. The lowest BCUT2D eigenvalue weighted by molar-refractivity contribution is 0.792. The SMILES string of the molecule is C#Cc1ccc(CCNC)cc1. The lowest BCUT2D eigenvalue weighted by Crippen LogP contribution is -2.10. The minimum atomic E-state index is 0.947. The van der Waals surface area contributed by atoms with E-state index in [-0.39, 0.29) is 0 Å². The number of likely N-dealkylation sites (N-methyl/N-ethyl adjacent to an activating group) is 1. The lowest BCUT2D eigenvalue weighted by Gasteiger charge is -1.99. The van der Waals surface area contributed by atoms with Crippen molar-refractivity contribution in [3.8, 4) is 12.3 Å². The summed E-state index contributed by atoms with van der Waals surface area (Å²) in [6.45, 7) is 1.01. The van der Waals surface area contributed by atoms with Crippen LogP contribution in [0.2, 0.25) is 0 Å². The Balaban J connectivity index is 2.60. The maximum atomic E-state index is 5.24. The van der Waals surface area contributed by atoms with E-state index in [0.717, 1.165) is 18.5 Å².